The van der Waals surface area contributed by atoms with Gasteiger partial charge in [0.1, 0.15) is 5.01 Å². The number of aromatic nitrogens is 2. The third-order valence-electron chi connectivity index (χ3n) is 2.91. The van der Waals surface area contributed by atoms with Gasteiger partial charge >= 0.3 is 0 Å². The molecule has 2 aromatic rings. The Balaban J connectivity index is 1.72. The summed E-state index contributed by atoms with van der Waals surface area (Å²) in [7, 11) is 1.78. The van der Waals surface area contributed by atoms with Crippen LogP contribution in [-0.2, 0) is 19.5 Å². The third kappa shape index (κ3) is 4.38. The van der Waals surface area contributed by atoms with Crippen molar-refractivity contribution in [1.29, 1.82) is 0 Å². The van der Waals surface area contributed by atoms with Crippen LogP contribution in [0.5, 0.6) is 0 Å². The number of hydrogen-bond donors (Lipinski definition) is 2. The summed E-state index contributed by atoms with van der Waals surface area (Å²) in [4.78, 5) is 9.91. The molecule has 0 saturated heterocycles. The summed E-state index contributed by atoms with van der Waals surface area (Å²) in [6.07, 6.45) is 7.10. The van der Waals surface area contributed by atoms with Crippen LogP contribution in [0.1, 0.15) is 16.8 Å². The summed E-state index contributed by atoms with van der Waals surface area (Å²) < 4.78 is 2.13. The van der Waals surface area contributed by atoms with Crippen LogP contribution in [0.2, 0.25) is 0 Å². The molecular weight excluding hydrogens is 270 g/mol. The van der Waals surface area contributed by atoms with Crippen molar-refractivity contribution < 1.29 is 0 Å². The summed E-state index contributed by atoms with van der Waals surface area (Å²) in [6.45, 7) is 4.62. The molecule has 2 heterocycles. The van der Waals surface area contributed by atoms with E-state index in [2.05, 4.69) is 44.5 Å². The van der Waals surface area contributed by atoms with Crippen molar-refractivity contribution in [2.75, 3.05) is 13.6 Å². The van der Waals surface area contributed by atoms with Crippen LogP contribution in [0.3, 0.4) is 0 Å². The standard InChI is InChI=1S/C14H21N5S/c1-3-12-10-17-13(20-12)11-18-14(15-2)16-6-9-19-7-4-5-8-19/h4-5,7-8,10H,3,6,9,11H2,1-2H3,(H2,15,16,18). The van der Waals surface area contributed by atoms with Gasteiger partial charge < -0.3 is 15.2 Å². The van der Waals surface area contributed by atoms with E-state index >= 15 is 0 Å². The van der Waals surface area contributed by atoms with Gasteiger partial charge in [-0.25, -0.2) is 4.98 Å². The normalized spacial score (nSPS) is 11.6. The van der Waals surface area contributed by atoms with Gasteiger partial charge in [-0.1, -0.05) is 6.92 Å². The van der Waals surface area contributed by atoms with E-state index in [0.717, 1.165) is 30.5 Å². The largest absolute Gasteiger partial charge is 0.355 e. The second-order valence-corrected chi connectivity index (χ2v) is 5.55. The lowest BCUT2D eigenvalue weighted by Gasteiger charge is -2.11. The Morgan fingerprint density at radius 2 is 2.15 bits per heavy atom. The Bertz CT molecular complexity index is 530. The van der Waals surface area contributed by atoms with Gasteiger partial charge in [0.25, 0.3) is 0 Å². The highest BCUT2D eigenvalue weighted by Crippen LogP contribution is 2.12. The fraction of sp³-hybridized carbons (Fsp3) is 0.429. The lowest BCUT2D eigenvalue weighted by Crippen LogP contribution is -2.38. The molecule has 0 aromatic carbocycles. The summed E-state index contributed by atoms with van der Waals surface area (Å²) in [5.41, 5.74) is 0. The van der Waals surface area contributed by atoms with Gasteiger partial charge in [0.05, 0.1) is 6.54 Å². The van der Waals surface area contributed by atoms with E-state index in [9.17, 15) is 0 Å². The van der Waals surface area contributed by atoms with Crippen LogP contribution in [0.4, 0.5) is 0 Å². The van der Waals surface area contributed by atoms with Gasteiger partial charge in [0.2, 0.25) is 0 Å². The van der Waals surface area contributed by atoms with Crippen LogP contribution in [-0.4, -0.2) is 29.1 Å². The molecule has 2 aromatic heterocycles. The molecule has 2 N–H and O–H groups in total. The second-order valence-electron chi connectivity index (χ2n) is 4.35. The first-order chi connectivity index (χ1) is 9.81. The third-order valence-corrected chi connectivity index (χ3v) is 4.05. The van der Waals surface area contributed by atoms with E-state index in [1.165, 1.54) is 4.88 Å². The first kappa shape index (κ1) is 14.6. The molecule has 6 heteroatoms. The predicted octanol–water partition coefficient (Wildman–Crippen LogP) is 1.87. The Labute approximate surface area is 123 Å². The topological polar surface area (TPSA) is 54.2 Å². The lowest BCUT2D eigenvalue weighted by molar-refractivity contribution is 0.665. The summed E-state index contributed by atoms with van der Waals surface area (Å²) in [6, 6.07) is 4.06. The van der Waals surface area contributed by atoms with Gasteiger partial charge in [-0.15, -0.1) is 11.3 Å². The maximum Gasteiger partial charge on any atom is 0.191 e. The highest BCUT2D eigenvalue weighted by atomic mass is 32.1. The van der Waals surface area contributed by atoms with Gasteiger partial charge in [-0.3, -0.25) is 4.99 Å². The maximum absolute atomic E-state index is 4.38. The minimum absolute atomic E-state index is 0.716. The minimum Gasteiger partial charge on any atom is -0.355 e. The SMILES string of the molecule is CCc1cnc(CNC(=NC)NCCn2cccc2)s1. The van der Waals surface area contributed by atoms with E-state index in [1.807, 2.05) is 18.3 Å². The van der Waals surface area contributed by atoms with Crippen LogP contribution < -0.4 is 10.6 Å². The van der Waals surface area contributed by atoms with Gasteiger partial charge in [-0.05, 0) is 18.6 Å². The van der Waals surface area contributed by atoms with Crippen molar-refractivity contribution in [1.82, 2.24) is 20.2 Å². The number of guanidine groups is 1. The molecule has 0 amide bonds. The van der Waals surface area contributed by atoms with E-state index in [-0.39, 0.29) is 0 Å². The van der Waals surface area contributed by atoms with Crippen molar-refractivity contribution >= 4 is 17.3 Å². The van der Waals surface area contributed by atoms with Crippen molar-refractivity contribution in [3.63, 3.8) is 0 Å². The molecule has 0 spiro atoms. The van der Waals surface area contributed by atoms with Crippen LogP contribution in [0.15, 0.2) is 35.7 Å². The first-order valence-electron chi connectivity index (χ1n) is 6.80. The van der Waals surface area contributed by atoms with Crippen LogP contribution in [0, 0.1) is 0 Å². The maximum atomic E-state index is 4.38. The second kappa shape index (κ2) is 7.69. The minimum atomic E-state index is 0.716. The molecule has 0 atom stereocenters. The monoisotopic (exact) mass is 291 g/mol. The molecular formula is C14H21N5S. The molecule has 0 fully saturated rings. The number of hydrogen-bond acceptors (Lipinski definition) is 3. The molecule has 0 unspecified atom stereocenters. The van der Waals surface area contributed by atoms with Gasteiger partial charge in [-0.2, -0.15) is 0 Å². The Hall–Kier alpha value is -1.82. The average molecular weight is 291 g/mol. The summed E-state index contributed by atoms with van der Waals surface area (Å²) in [5, 5.41) is 7.67. The molecule has 0 aliphatic heterocycles. The number of nitrogens with zero attached hydrogens (tertiary/aromatic N) is 3. The fourth-order valence-corrected chi connectivity index (χ4v) is 2.60. The van der Waals surface area contributed by atoms with Gasteiger partial charge in [0, 0.05) is 43.6 Å². The van der Waals surface area contributed by atoms with Gasteiger partial charge in [0.15, 0.2) is 5.96 Å². The average Bonchev–Trinajstić information content (AvgIpc) is 3.13. The fourth-order valence-electron chi connectivity index (χ4n) is 1.80. The lowest BCUT2D eigenvalue weighted by atomic mass is 10.4. The molecule has 0 bridgehead atoms. The highest BCUT2D eigenvalue weighted by molar-refractivity contribution is 7.11. The van der Waals surface area contributed by atoms with Crippen LogP contribution in [0.25, 0.3) is 0 Å². The molecule has 5 nitrogen and oxygen atoms in total. The number of thiazole rings is 1. The van der Waals surface area contributed by atoms with E-state index in [4.69, 9.17) is 0 Å². The van der Waals surface area contributed by atoms with E-state index in [0.29, 0.717) is 6.54 Å². The summed E-state index contributed by atoms with van der Waals surface area (Å²) in [5.74, 6) is 0.811. The molecule has 2 rings (SSSR count). The zero-order valence-electron chi connectivity index (χ0n) is 12.0. The number of aliphatic imine (C=N–C) groups is 1. The number of rotatable bonds is 6. The smallest absolute Gasteiger partial charge is 0.191 e. The summed E-state index contributed by atoms with van der Waals surface area (Å²) >= 11 is 1.75. The molecule has 0 radical (unpaired) electrons. The molecule has 0 aliphatic rings. The molecule has 108 valence electrons. The van der Waals surface area contributed by atoms with E-state index < -0.39 is 0 Å². The Kier molecular flexibility index (Phi) is 5.61. The predicted molar refractivity (Wildman–Crippen MR) is 84.1 cm³/mol. The molecule has 0 aliphatic carbocycles. The van der Waals surface area contributed by atoms with Crippen molar-refractivity contribution in [3.8, 4) is 0 Å². The van der Waals surface area contributed by atoms with Crippen LogP contribution >= 0.6 is 11.3 Å². The van der Waals surface area contributed by atoms with E-state index in [1.54, 1.807) is 18.4 Å². The molecule has 20 heavy (non-hydrogen) atoms. The quantitative estimate of drug-likeness (QED) is 0.631. The molecule has 0 saturated carbocycles. The van der Waals surface area contributed by atoms with Crippen molar-refractivity contribution in [2.45, 2.75) is 26.4 Å². The first-order valence-corrected chi connectivity index (χ1v) is 7.62. The van der Waals surface area contributed by atoms with Crippen molar-refractivity contribution in [3.05, 3.63) is 40.6 Å². The van der Waals surface area contributed by atoms with Crippen molar-refractivity contribution in [2.24, 2.45) is 4.99 Å². The number of aryl methyl sites for hydroxylation is 1. The Morgan fingerprint density at radius 1 is 1.35 bits per heavy atom. The highest BCUT2D eigenvalue weighted by Gasteiger charge is 2.02. The Morgan fingerprint density at radius 3 is 2.80 bits per heavy atom. The number of nitrogens with one attached hydrogen (secondary N) is 2. The zero-order chi connectivity index (χ0) is 14.2. The zero-order valence-corrected chi connectivity index (χ0v) is 12.8.